The highest BCUT2D eigenvalue weighted by Crippen LogP contribution is 2.24. The van der Waals surface area contributed by atoms with Crippen molar-refractivity contribution >= 4 is 29.5 Å². The molecule has 0 spiro atoms. The molecule has 0 saturated carbocycles. The van der Waals surface area contributed by atoms with Crippen LogP contribution in [-0.2, 0) is 46.3 Å². The van der Waals surface area contributed by atoms with Crippen LogP contribution in [0.1, 0.15) is 114 Å². The van der Waals surface area contributed by atoms with Gasteiger partial charge in [0.25, 0.3) is 5.91 Å². The van der Waals surface area contributed by atoms with Crippen LogP contribution in [0.25, 0.3) is 0 Å². The maximum Gasteiger partial charge on any atom is 0.252 e. The van der Waals surface area contributed by atoms with Gasteiger partial charge in [0, 0.05) is 19.6 Å². The average Bonchev–Trinajstić information content (AvgIpc) is 3.23. The zero-order valence-corrected chi connectivity index (χ0v) is 37.6. The number of phenols is 1. The maximum absolute atomic E-state index is 14.1. The van der Waals surface area contributed by atoms with Gasteiger partial charge in [-0.2, -0.15) is 0 Å². The monoisotopic (exact) mass is 885 g/mol. The minimum Gasteiger partial charge on any atom is -0.508 e. The number of hydrogen-bond donors (Lipinski definition) is 10. The molecule has 5 amide bonds. The van der Waals surface area contributed by atoms with Crippen molar-refractivity contribution in [2.45, 2.75) is 172 Å². The van der Waals surface area contributed by atoms with Crippen molar-refractivity contribution in [3.05, 3.63) is 64.7 Å². The molecule has 17 heteroatoms. The molecule has 1 aliphatic heterocycles. The molecule has 3 rings (SSSR count). The summed E-state index contributed by atoms with van der Waals surface area (Å²) in [7, 11) is 0. The Balaban J connectivity index is 1.67. The highest BCUT2D eigenvalue weighted by Gasteiger charge is 2.47. The van der Waals surface area contributed by atoms with Gasteiger partial charge in [0.05, 0.1) is 6.04 Å². The lowest BCUT2D eigenvalue weighted by Gasteiger charge is -2.39. The molecule has 1 aliphatic rings. The van der Waals surface area contributed by atoms with Gasteiger partial charge < -0.3 is 62.6 Å². The number of carbonyl (C=O) groups is 5. The lowest BCUT2D eigenvalue weighted by atomic mass is 9.95. The second-order valence-corrected chi connectivity index (χ2v) is 17.2. The van der Waals surface area contributed by atoms with Gasteiger partial charge in [-0.25, -0.2) is 0 Å². The Kier molecular flexibility index (Phi) is 21.9. The van der Waals surface area contributed by atoms with Gasteiger partial charge >= 0.3 is 0 Å². The first kappa shape index (κ1) is 52.7. The fourth-order valence-electron chi connectivity index (χ4n) is 7.36. The zero-order chi connectivity index (χ0) is 46.7. The Morgan fingerprint density at radius 2 is 1.38 bits per heavy atom. The molecule has 0 aliphatic carbocycles. The third-order valence-electron chi connectivity index (χ3n) is 11.4. The quantitative estimate of drug-likeness (QED) is 0.0575. The third-order valence-corrected chi connectivity index (χ3v) is 11.4. The number of ether oxygens (including phenoxy) is 2. The Morgan fingerprint density at radius 3 is 2.00 bits per heavy atom. The van der Waals surface area contributed by atoms with Crippen LogP contribution in [0.5, 0.6) is 5.75 Å². The molecule has 17 nitrogen and oxygen atoms in total. The number of nitrogens with two attached hydrogens (primary N) is 2. The molecule has 8 atom stereocenters. The second kappa shape index (κ2) is 26.2. The third kappa shape index (κ3) is 17.1. The molecule has 1 fully saturated rings. The lowest BCUT2D eigenvalue weighted by Crippen LogP contribution is -2.62. The average molecular weight is 885 g/mol. The predicted octanol–water partition coefficient (Wildman–Crippen LogP) is 1.72. The summed E-state index contributed by atoms with van der Waals surface area (Å²) in [5.41, 5.74) is 13.4. The summed E-state index contributed by atoms with van der Waals surface area (Å²) in [6, 6.07) is 8.56. The van der Waals surface area contributed by atoms with Gasteiger partial charge in [-0.05, 0) is 94.2 Å². The number of hydrogen-bond acceptors (Lipinski definition) is 12. The molecule has 0 aromatic heterocycles. The van der Waals surface area contributed by atoms with Crippen molar-refractivity contribution in [3.63, 3.8) is 0 Å². The van der Waals surface area contributed by atoms with E-state index in [1.807, 2.05) is 0 Å². The fourth-order valence-corrected chi connectivity index (χ4v) is 7.36. The molecule has 1 saturated heterocycles. The topological polar surface area (TPSA) is 285 Å². The van der Waals surface area contributed by atoms with Crippen LogP contribution in [0, 0.1) is 13.8 Å². The number of aryl methyl sites for hydroxylation is 2. The maximum atomic E-state index is 14.1. The molecule has 12 N–H and O–H groups in total. The van der Waals surface area contributed by atoms with E-state index >= 15 is 0 Å². The minimum absolute atomic E-state index is 0.0464. The number of aliphatic hydroxyl groups excluding tert-OH is 3. The van der Waals surface area contributed by atoms with Crippen molar-refractivity contribution in [1.29, 1.82) is 0 Å². The van der Waals surface area contributed by atoms with E-state index in [0.717, 1.165) is 36.0 Å². The summed E-state index contributed by atoms with van der Waals surface area (Å²) < 4.78 is 11.3. The largest absolute Gasteiger partial charge is 0.508 e. The molecular weight excluding hydrogens is 813 g/mol. The van der Waals surface area contributed by atoms with Gasteiger partial charge in [-0.3, -0.25) is 24.0 Å². The van der Waals surface area contributed by atoms with Crippen LogP contribution in [0.15, 0.2) is 42.5 Å². The van der Waals surface area contributed by atoms with Crippen LogP contribution in [-0.4, -0.2) is 117 Å². The van der Waals surface area contributed by atoms with E-state index in [0.29, 0.717) is 12.0 Å². The van der Waals surface area contributed by atoms with Crippen LogP contribution < -0.4 is 32.7 Å². The van der Waals surface area contributed by atoms with E-state index in [2.05, 4.69) is 28.2 Å². The van der Waals surface area contributed by atoms with Crippen LogP contribution in [0.2, 0.25) is 0 Å². The first-order valence-electron chi connectivity index (χ1n) is 22.3. The summed E-state index contributed by atoms with van der Waals surface area (Å²) in [6.07, 6.45) is 1.52. The number of aliphatic hydroxyl groups is 3. The van der Waals surface area contributed by atoms with Crippen molar-refractivity contribution in [3.8, 4) is 5.75 Å². The number of aromatic hydroxyl groups is 1. The Labute approximate surface area is 371 Å². The summed E-state index contributed by atoms with van der Waals surface area (Å²) in [5.74, 6) is -3.46. The van der Waals surface area contributed by atoms with E-state index in [-0.39, 0.29) is 51.0 Å². The number of carbonyl (C=O) groups excluding carboxylic acids is 5. The number of unbranched alkanes of at least 4 members (excludes halogenated alkanes) is 8. The minimum atomic E-state index is -1.72. The van der Waals surface area contributed by atoms with Crippen molar-refractivity contribution < 1.29 is 53.9 Å². The predicted molar refractivity (Wildman–Crippen MR) is 237 cm³/mol. The molecule has 0 bridgehead atoms. The number of benzene rings is 2. The number of nitrogens with one attached hydrogen (secondary N) is 4. The van der Waals surface area contributed by atoms with Gasteiger partial charge in [-0.1, -0.05) is 82.2 Å². The smallest absolute Gasteiger partial charge is 0.252 e. The summed E-state index contributed by atoms with van der Waals surface area (Å²) >= 11 is 0. The van der Waals surface area contributed by atoms with E-state index in [1.54, 1.807) is 56.3 Å². The van der Waals surface area contributed by atoms with Gasteiger partial charge in [-0.15, -0.1) is 0 Å². The van der Waals surface area contributed by atoms with E-state index < -0.39 is 83.9 Å². The SMILES string of the molecule is CCCCCCCCCCO[C@@H]1O[C@H](C(=O)NCCCC[C@@H](NC(=O)[C@@H](N)Cc2c(C)cc(O)cc2C)C(=O)N[C@@H](Cc2ccccc2)C(=O)NC(C)(C)C(N)=O)[C@@H](O)[C@H](O)[C@H]1O. The van der Waals surface area contributed by atoms with Crippen molar-refractivity contribution in [1.82, 2.24) is 21.3 Å². The van der Waals surface area contributed by atoms with Gasteiger partial charge in [0.2, 0.25) is 23.6 Å². The number of phenolic OH excluding ortho intramolecular Hbond substituents is 1. The standard InChI is InChI=1S/C46H72N6O11/c1-6-7-8-9-10-11-12-18-23-62-44-38(56)36(54)37(55)39(63-44)43(60)49-22-17-16-21-34(50-40(57)33(47)27-32-28(2)24-31(53)25-29(32)3)41(58)51-35(26-30-19-14-13-15-20-30)42(59)52-46(4,5)45(48)61/h13-15,19-20,24-25,33-39,44,53-56H,6-12,16-18,21-23,26-27,47H2,1-5H3,(H2,48,61)(H,49,60)(H,50,57)(H,51,58)(H,52,59)/t33-,34+,35-,36-,37-,38+,39-,44+/m0/s1. The normalized spacial score (nSPS) is 20.2. The zero-order valence-electron chi connectivity index (χ0n) is 37.6. The van der Waals surface area contributed by atoms with Crippen LogP contribution in [0.4, 0.5) is 0 Å². The van der Waals surface area contributed by atoms with Crippen LogP contribution >= 0.6 is 0 Å². The molecule has 2 aromatic carbocycles. The molecule has 2 aromatic rings. The first-order chi connectivity index (χ1) is 29.9. The number of rotatable bonds is 27. The Morgan fingerprint density at radius 1 is 0.778 bits per heavy atom. The Hall–Kier alpha value is -4.65. The number of amides is 5. The Bertz CT molecular complexity index is 1760. The van der Waals surface area contributed by atoms with Crippen molar-refractivity contribution in [2.24, 2.45) is 11.5 Å². The molecule has 1 heterocycles. The van der Waals surface area contributed by atoms with E-state index in [1.165, 1.54) is 39.5 Å². The molecule has 0 radical (unpaired) electrons. The number of primary amides is 1. The van der Waals surface area contributed by atoms with Gasteiger partial charge in [0.1, 0.15) is 41.7 Å². The first-order valence-corrected chi connectivity index (χ1v) is 22.3. The van der Waals surface area contributed by atoms with E-state index in [4.69, 9.17) is 20.9 Å². The highest BCUT2D eigenvalue weighted by molar-refractivity contribution is 5.95. The fraction of sp³-hybridized carbons (Fsp3) is 0.630. The highest BCUT2D eigenvalue weighted by atomic mass is 16.7. The van der Waals surface area contributed by atoms with E-state index in [9.17, 15) is 44.4 Å². The van der Waals surface area contributed by atoms with Crippen molar-refractivity contribution in [2.75, 3.05) is 13.2 Å². The molecule has 63 heavy (non-hydrogen) atoms. The summed E-state index contributed by atoms with van der Waals surface area (Å²) in [6.45, 7) is 8.91. The van der Waals surface area contributed by atoms with Gasteiger partial charge in [0.15, 0.2) is 12.4 Å². The molecule has 0 unspecified atom stereocenters. The lowest BCUT2D eigenvalue weighted by molar-refractivity contribution is -0.290. The summed E-state index contributed by atoms with van der Waals surface area (Å²) in [5, 5.41) is 52.4. The molecule has 352 valence electrons. The summed E-state index contributed by atoms with van der Waals surface area (Å²) in [4.78, 5) is 66.5. The second-order valence-electron chi connectivity index (χ2n) is 17.2. The molecular formula is C46H72N6O11. The van der Waals surface area contributed by atoms with Crippen LogP contribution in [0.3, 0.4) is 0 Å².